The van der Waals surface area contributed by atoms with Crippen LogP contribution < -0.4 is 10.9 Å². The molecule has 0 saturated heterocycles. The van der Waals surface area contributed by atoms with Crippen molar-refractivity contribution >= 4 is 39.2 Å². The van der Waals surface area contributed by atoms with Gasteiger partial charge in [-0.1, -0.05) is 49.0 Å². The Kier molecular flexibility index (Phi) is 6.39. The summed E-state index contributed by atoms with van der Waals surface area (Å²) in [6, 6.07) is 10.3. The predicted octanol–water partition coefficient (Wildman–Crippen LogP) is 4.49. The Labute approximate surface area is 184 Å². The van der Waals surface area contributed by atoms with E-state index in [4.69, 9.17) is 4.98 Å². The number of aromatic nitrogens is 2. The molecular weight excluding hydrogens is 414 g/mol. The van der Waals surface area contributed by atoms with Crippen molar-refractivity contribution in [3.8, 4) is 0 Å². The van der Waals surface area contributed by atoms with Crippen LogP contribution in [0.1, 0.15) is 41.8 Å². The number of carbonyl (C=O) groups excluding carboxylic acids is 1. The number of thioether (sulfide) groups is 1. The normalized spacial score (nSPS) is 15.7. The first-order valence-electron chi connectivity index (χ1n) is 10.2. The number of allylic oxidation sites excluding steroid dienone is 1. The fourth-order valence-electron chi connectivity index (χ4n) is 3.89. The van der Waals surface area contributed by atoms with Gasteiger partial charge in [0.15, 0.2) is 5.16 Å². The monoisotopic (exact) mass is 439 g/mol. The number of hydrogen-bond donors (Lipinski definition) is 1. The number of hydrogen-bond acceptors (Lipinski definition) is 5. The molecule has 0 unspecified atom stereocenters. The van der Waals surface area contributed by atoms with Gasteiger partial charge in [0.05, 0.1) is 17.2 Å². The van der Waals surface area contributed by atoms with Crippen LogP contribution in [0.2, 0.25) is 0 Å². The summed E-state index contributed by atoms with van der Waals surface area (Å²) in [5.41, 5.74) is 2.47. The highest BCUT2D eigenvalue weighted by Crippen LogP contribution is 2.30. The molecule has 1 aliphatic rings. The molecule has 0 bridgehead atoms. The Balaban J connectivity index is 1.52. The number of benzene rings is 1. The Hall–Kier alpha value is -2.38. The van der Waals surface area contributed by atoms with E-state index in [9.17, 15) is 9.59 Å². The van der Waals surface area contributed by atoms with E-state index >= 15 is 0 Å². The minimum absolute atomic E-state index is 0.0402. The minimum Gasteiger partial charge on any atom is -0.349 e. The molecule has 1 aliphatic carbocycles. The fourth-order valence-corrected chi connectivity index (χ4v) is 5.72. The summed E-state index contributed by atoms with van der Waals surface area (Å²) >= 11 is 2.85. The van der Waals surface area contributed by atoms with E-state index < -0.39 is 0 Å². The number of carbonyl (C=O) groups is 1. The average molecular weight is 440 g/mol. The first-order valence-corrected chi connectivity index (χ1v) is 12.0. The Morgan fingerprint density at radius 3 is 3.07 bits per heavy atom. The standard InChI is InChI=1S/C23H25N3O2S2/c1-3-12-26-22(28)18-13-16(4-2)30-21(18)25-23(26)29-14-20(27)24-19-11-7-9-15-8-5-6-10-17(15)19/h3,5-6,8,10,13,19H,1,4,7,9,11-12,14H2,2H3,(H,24,27)/t19-/m0/s1. The van der Waals surface area contributed by atoms with Gasteiger partial charge >= 0.3 is 0 Å². The van der Waals surface area contributed by atoms with Gasteiger partial charge in [-0.15, -0.1) is 17.9 Å². The fraction of sp³-hybridized carbons (Fsp3) is 0.348. The zero-order valence-corrected chi connectivity index (χ0v) is 18.7. The molecular formula is C23H25N3O2S2. The van der Waals surface area contributed by atoms with Crippen LogP contribution in [0.5, 0.6) is 0 Å². The lowest BCUT2D eigenvalue weighted by atomic mass is 9.88. The van der Waals surface area contributed by atoms with Crippen molar-refractivity contribution in [2.45, 2.75) is 50.4 Å². The average Bonchev–Trinajstić information content (AvgIpc) is 3.18. The van der Waals surface area contributed by atoms with Crippen LogP contribution in [-0.2, 0) is 24.2 Å². The van der Waals surface area contributed by atoms with E-state index in [1.54, 1.807) is 22.0 Å². The van der Waals surface area contributed by atoms with E-state index in [-0.39, 0.29) is 23.3 Å². The van der Waals surface area contributed by atoms with Gasteiger partial charge in [0.2, 0.25) is 5.91 Å². The molecule has 156 valence electrons. The smallest absolute Gasteiger partial charge is 0.263 e. The van der Waals surface area contributed by atoms with Crippen LogP contribution in [-0.4, -0.2) is 21.2 Å². The van der Waals surface area contributed by atoms with Crippen LogP contribution in [0, 0.1) is 0 Å². The molecule has 30 heavy (non-hydrogen) atoms. The van der Waals surface area contributed by atoms with Crippen molar-refractivity contribution < 1.29 is 4.79 Å². The topological polar surface area (TPSA) is 64.0 Å². The second-order valence-electron chi connectivity index (χ2n) is 7.38. The van der Waals surface area contributed by atoms with E-state index in [0.29, 0.717) is 17.1 Å². The first-order chi connectivity index (χ1) is 14.6. The van der Waals surface area contributed by atoms with Crippen LogP contribution in [0.4, 0.5) is 0 Å². The van der Waals surface area contributed by atoms with E-state index in [0.717, 1.165) is 35.4 Å². The minimum atomic E-state index is -0.0695. The first kappa shape index (κ1) is 20.9. The van der Waals surface area contributed by atoms with E-state index in [1.165, 1.54) is 22.9 Å². The molecule has 0 aliphatic heterocycles. The number of rotatable bonds is 7. The third kappa shape index (κ3) is 4.23. The lowest BCUT2D eigenvalue weighted by Crippen LogP contribution is -2.32. The summed E-state index contributed by atoms with van der Waals surface area (Å²) in [4.78, 5) is 32.2. The van der Waals surface area contributed by atoms with Gasteiger partial charge < -0.3 is 5.32 Å². The van der Waals surface area contributed by atoms with Gasteiger partial charge in [0, 0.05) is 11.4 Å². The number of amides is 1. The van der Waals surface area contributed by atoms with Gasteiger partial charge in [0.25, 0.3) is 5.56 Å². The summed E-state index contributed by atoms with van der Waals surface area (Å²) in [7, 11) is 0. The maximum absolute atomic E-state index is 12.9. The number of aryl methyl sites for hydroxylation is 2. The van der Waals surface area contributed by atoms with Crippen molar-refractivity contribution in [3.63, 3.8) is 0 Å². The molecule has 0 fully saturated rings. The Morgan fingerprint density at radius 2 is 2.27 bits per heavy atom. The Morgan fingerprint density at radius 1 is 1.43 bits per heavy atom. The molecule has 2 aromatic heterocycles. The summed E-state index contributed by atoms with van der Waals surface area (Å²) < 4.78 is 1.61. The van der Waals surface area contributed by atoms with Crippen LogP contribution >= 0.6 is 23.1 Å². The third-order valence-corrected chi connectivity index (χ3v) is 7.51. The summed E-state index contributed by atoms with van der Waals surface area (Å²) in [5, 5.41) is 4.38. The van der Waals surface area contributed by atoms with Crippen molar-refractivity contribution in [3.05, 3.63) is 69.3 Å². The SMILES string of the molecule is C=CCn1c(SCC(=O)N[C@H]2CCCc3ccccc32)nc2sc(CC)cc2c1=O. The maximum atomic E-state index is 12.9. The van der Waals surface area contributed by atoms with Gasteiger partial charge in [-0.2, -0.15) is 0 Å². The quantitative estimate of drug-likeness (QED) is 0.335. The highest BCUT2D eigenvalue weighted by atomic mass is 32.2. The zero-order valence-electron chi connectivity index (χ0n) is 17.0. The van der Waals surface area contributed by atoms with Crippen LogP contribution in [0.25, 0.3) is 10.2 Å². The Bertz CT molecular complexity index is 1150. The lowest BCUT2D eigenvalue weighted by molar-refractivity contribution is -0.119. The molecule has 3 aromatic rings. The molecule has 5 nitrogen and oxygen atoms in total. The second kappa shape index (κ2) is 9.18. The highest BCUT2D eigenvalue weighted by molar-refractivity contribution is 7.99. The number of fused-ring (bicyclic) bond motifs is 2. The molecule has 2 heterocycles. The molecule has 0 saturated carbocycles. The van der Waals surface area contributed by atoms with Crippen molar-refractivity contribution in [2.24, 2.45) is 0 Å². The van der Waals surface area contributed by atoms with E-state index in [1.807, 2.05) is 18.2 Å². The van der Waals surface area contributed by atoms with Crippen LogP contribution in [0.15, 0.2) is 52.9 Å². The van der Waals surface area contributed by atoms with Crippen molar-refractivity contribution in [1.82, 2.24) is 14.9 Å². The zero-order chi connectivity index (χ0) is 21.1. The molecule has 0 spiro atoms. The number of thiophene rings is 1. The van der Waals surface area contributed by atoms with Gasteiger partial charge in [-0.25, -0.2) is 4.98 Å². The molecule has 7 heteroatoms. The van der Waals surface area contributed by atoms with Crippen LogP contribution in [0.3, 0.4) is 0 Å². The molecule has 0 radical (unpaired) electrons. The van der Waals surface area contributed by atoms with Crippen molar-refractivity contribution in [2.75, 3.05) is 5.75 Å². The molecule has 4 rings (SSSR count). The van der Waals surface area contributed by atoms with E-state index in [2.05, 4.69) is 31.0 Å². The summed E-state index contributed by atoms with van der Waals surface area (Å²) in [6.45, 7) is 6.20. The second-order valence-corrected chi connectivity index (χ2v) is 9.44. The van der Waals surface area contributed by atoms with Gasteiger partial charge in [0.1, 0.15) is 4.83 Å². The van der Waals surface area contributed by atoms with Crippen molar-refractivity contribution in [1.29, 1.82) is 0 Å². The molecule has 1 amide bonds. The maximum Gasteiger partial charge on any atom is 0.263 e. The summed E-state index contributed by atoms with van der Waals surface area (Å²) in [6.07, 6.45) is 5.65. The summed E-state index contributed by atoms with van der Waals surface area (Å²) in [5.74, 6) is 0.182. The van der Waals surface area contributed by atoms with Gasteiger partial charge in [-0.05, 0) is 42.9 Å². The highest BCUT2D eigenvalue weighted by Gasteiger charge is 2.22. The number of nitrogens with one attached hydrogen (secondary N) is 1. The van der Waals surface area contributed by atoms with Gasteiger partial charge in [-0.3, -0.25) is 14.2 Å². The molecule has 1 N–H and O–H groups in total. The largest absolute Gasteiger partial charge is 0.349 e. The molecule has 1 atom stereocenters. The lowest BCUT2D eigenvalue weighted by Gasteiger charge is -2.26. The number of nitrogens with zero attached hydrogens (tertiary/aromatic N) is 2. The third-order valence-electron chi connectivity index (χ3n) is 5.36. The molecule has 1 aromatic carbocycles. The predicted molar refractivity (Wildman–Crippen MR) is 124 cm³/mol.